The fourth-order valence-corrected chi connectivity index (χ4v) is 15.0. The largest absolute Gasteiger partial charge is 0.299 e. The Morgan fingerprint density at radius 2 is 0.697 bits per heavy atom. The van der Waals surface area contributed by atoms with Crippen LogP contribution in [-0.2, 0) is 0 Å². The molecule has 66 heavy (non-hydrogen) atoms. The second-order valence-corrected chi connectivity index (χ2v) is 20.3. The number of aromatic nitrogens is 7. The summed E-state index contributed by atoms with van der Waals surface area (Å²) in [6.07, 6.45) is 0. The van der Waals surface area contributed by atoms with Crippen molar-refractivity contribution in [3.05, 3.63) is 237 Å². The van der Waals surface area contributed by atoms with Crippen molar-refractivity contribution in [2.24, 2.45) is 0 Å². The van der Waals surface area contributed by atoms with Crippen molar-refractivity contribution in [1.82, 2.24) is 33.6 Å². The fraction of sp³-hybridized carbons (Fsp3) is 0. The van der Waals surface area contributed by atoms with Crippen molar-refractivity contribution in [3.8, 4) is 29.0 Å². The summed E-state index contributed by atoms with van der Waals surface area (Å²) in [6.45, 7) is 0. The Bertz CT molecular complexity index is 3610. The lowest BCUT2D eigenvalue weighted by molar-refractivity contribution is 0.892. The molecular weight excluding hydrogens is 823 g/mol. The quantitative estimate of drug-likeness (QED) is 0.113. The molecule has 310 valence electrons. The van der Waals surface area contributed by atoms with E-state index in [0.717, 1.165) is 71.3 Å². The summed E-state index contributed by atoms with van der Waals surface area (Å²) in [5.41, 5.74) is 8.89. The number of rotatable bonds is 8. The van der Waals surface area contributed by atoms with Gasteiger partial charge in [-0.05, 0) is 64.1 Å². The monoisotopic (exact) mass is 861 g/mol. The molecule has 0 atom stereocenters. The van der Waals surface area contributed by atoms with E-state index in [1.807, 2.05) is 0 Å². The molecule has 0 spiro atoms. The Morgan fingerprint density at radius 1 is 0.303 bits per heavy atom. The summed E-state index contributed by atoms with van der Waals surface area (Å²) in [5.74, 6) is 1.64. The van der Waals surface area contributed by atoms with Gasteiger partial charge in [0.25, 0.3) is 0 Å². The van der Waals surface area contributed by atoms with Crippen LogP contribution in [0.3, 0.4) is 0 Å². The Hall–Kier alpha value is -8.72. The predicted octanol–water partition coefficient (Wildman–Crippen LogP) is 10.4. The second kappa shape index (κ2) is 15.2. The molecule has 4 aromatic heterocycles. The molecule has 0 saturated heterocycles. The van der Waals surface area contributed by atoms with Gasteiger partial charge in [0.2, 0.25) is 20.0 Å². The third kappa shape index (κ3) is 5.75. The number of fused-ring (bicyclic) bond motifs is 7. The lowest BCUT2D eigenvalue weighted by Crippen LogP contribution is -2.76. The standard InChI is InChI=1S/C58H39N7Si/c1-4-23-42(24-5-1)66(43-25-6-2-7-26-43,44-27-8-3-9-28-44)58-59-49-33-14-19-38-54(49)63(58)41-22-20-21-40(39-41)55-60-56(64-50-34-15-10-29-45(50)46-30-11-16-35-51(46)64)62-57(61-55)65-52-36-17-12-31-47(52)48-32-13-18-37-53(48)65/h1-39H. The molecule has 0 aliphatic rings. The first-order valence-electron chi connectivity index (χ1n) is 22.2. The van der Waals surface area contributed by atoms with E-state index in [1.54, 1.807) is 0 Å². The van der Waals surface area contributed by atoms with Gasteiger partial charge in [-0.3, -0.25) is 13.7 Å². The summed E-state index contributed by atoms with van der Waals surface area (Å²) < 4.78 is 6.75. The van der Waals surface area contributed by atoms with Crippen LogP contribution in [0.25, 0.3) is 83.6 Å². The highest BCUT2D eigenvalue weighted by molar-refractivity contribution is 7.19. The Morgan fingerprint density at radius 3 is 1.15 bits per heavy atom. The summed E-state index contributed by atoms with van der Waals surface area (Å²) in [5, 5.41) is 8.30. The summed E-state index contributed by atoms with van der Waals surface area (Å²) in [7, 11) is -3.10. The van der Waals surface area contributed by atoms with E-state index in [0.29, 0.717) is 17.7 Å². The first kappa shape index (κ1) is 37.8. The third-order valence-corrected chi connectivity index (χ3v) is 17.7. The van der Waals surface area contributed by atoms with Crippen LogP contribution in [-0.4, -0.2) is 41.7 Å². The molecule has 0 saturated carbocycles. The third-order valence-electron chi connectivity index (χ3n) is 13.1. The number of para-hydroxylation sites is 6. The SMILES string of the molecule is c1ccc([Si](c2ccccc2)(c2ccccc2)c2nc3ccccc3n2-c2cccc(-c3nc(-n4c5ccccc5c5ccccc54)nc(-n4c5ccccc5c5ccccc54)n3)c2)cc1. The number of imidazole rings is 1. The van der Waals surface area contributed by atoms with Crippen LogP contribution in [0.5, 0.6) is 0 Å². The molecule has 0 aliphatic carbocycles. The molecule has 7 nitrogen and oxygen atoms in total. The van der Waals surface area contributed by atoms with E-state index < -0.39 is 8.07 Å². The lowest BCUT2D eigenvalue weighted by Gasteiger charge is -2.33. The van der Waals surface area contributed by atoms with Crippen LogP contribution in [0, 0.1) is 0 Å². The van der Waals surface area contributed by atoms with Gasteiger partial charge >= 0.3 is 0 Å². The van der Waals surface area contributed by atoms with Crippen LogP contribution < -0.4 is 21.0 Å². The van der Waals surface area contributed by atoms with E-state index in [9.17, 15) is 0 Å². The minimum atomic E-state index is -3.10. The van der Waals surface area contributed by atoms with Gasteiger partial charge in [0.15, 0.2) is 5.82 Å². The van der Waals surface area contributed by atoms with Gasteiger partial charge in [-0.25, -0.2) is 4.98 Å². The van der Waals surface area contributed by atoms with Gasteiger partial charge in [0.05, 0.1) is 33.1 Å². The molecule has 0 fully saturated rings. The maximum atomic E-state index is 5.68. The molecule has 8 heteroatoms. The molecule has 0 N–H and O–H groups in total. The van der Waals surface area contributed by atoms with Crippen LogP contribution in [0.2, 0.25) is 0 Å². The van der Waals surface area contributed by atoms with Crippen molar-refractivity contribution in [1.29, 1.82) is 0 Å². The smallest absolute Gasteiger partial charge is 0.240 e. The average Bonchev–Trinajstić information content (AvgIpc) is 4.06. The van der Waals surface area contributed by atoms with E-state index in [2.05, 4.69) is 250 Å². The normalized spacial score (nSPS) is 11.9. The first-order valence-corrected chi connectivity index (χ1v) is 24.2. The zero-order valence-electron chi connectivity index (χ0n) is 35.6. The predicted molar refractivity (Wildman–Crippen MR) is 272 cm³/mol. The minimum Gasteiger partial charge on any atom is -0.299 e. The van der Waals surface area contributed by atoms with Gasteiger partial charge in [-0.2, -0.15) is 15.0 Å². The van der Waals surface area contributed by atoms with Crippen molar-refractivity contribution >= 4 is 83.7 Å². The molecule has 0 unspecified atom stereocenters. The Kier molecular flexibility index (Phi) is 8.72. The minimum absolute atomic E-state index is 0.539. The van der Waals surface area contributed by atoms with Gasteiger partial charge < -0.3 is 0 Å². The highest BCUT2D eigenvalue weighted by atomic mass is 28.3. The summed E-state index contributed by atoms with van der Waals surface area (Å²) in [4.78, 5) is 21.9. The van der Waals surface area contributed by atoms with E-state index in [-0.39, 0.29) is 0 Å². The number of benzene rings is 9. The number of nitrogens with zero attached hydrogens (tertiary/aromatic N) is 7. The van der Waals surface area contributed by atoms with Crippen molar-refractivity contribution in [2.75, 3.05) is 0 Å². The molecule has 0 amide bonds. The average molecular weight is 862 g/mol. The molecule has 0 bridgehead atoms. The summed E-state index contributed by atoms with van der Waals surface area (Å²) in [6, 6.07) is 84.0. The lowest BCUT2D eigenvalue weighted by atomic mass is 10.2. The van der Waals surface area contributed by atoms with Gasteiger partial charge in [0.1, 0.15) is 5.45 Å². The van der Waals surface area contributed by atoms with Crippen LogP contribution in [0.4, 0.5) is 0 Å². The summed E-state index contributed by atoms with van der Waals surface area (Å²) >= 11 is 0. The molecule has 13 rings (SSSR count). The van der Waals surface area contributed by atoms with E-state index >= 15 is 0 Å². The highest BCUT2D eigenvalue weighted by Crippen LogP contribution is 2.35. The van der Waals surface area contributed by atoms with Gasteiger partial charge in [-0.1, -0.05) is 188 Å². The maximum Gasteiger partial charge on any atom is 0.240 e. The molecular formula is C58H39N7Si. The Labute approximate surface area is 381 Å². The van der Waals surface area contributed by atoms with Crippen molar-refractivity contribution in [2.45, 2.75) is 0 Å². The second-order valence-electron chi connectivity index (χ2n) is 16.7. The van der Waals surface area contributed by atoms with Gasteiger partial charge in [0, 0.05) is 32.8 Å². The van der Waals surface area contributed by atoms with Crippen LogP contribution >= 0.6 is 0 Å². The van der Waals surface area contributed by atoms with Crippen molar-refractivity contribution < 1.29 is 0 Å². The zero-order valence-corrected chi connectivity index (χ0v) is 36.6. The first-order chi connectivity index (χ1) is 32.8. The van der Waals surface area contributed by atoms with E-state index in [1.165, 1.54) is 15.6 Å². The number of hydrogen-bond acceptors (Lipinski definition) is 4. The van der Waals surface area contributed by atoms with Crippen LogP contribution in [0.1, 0.15) is 0 Å². The molecule has 4 heterocycles. The maximum absolute atomic E-state index is 5.68. The number of hydrogen-bond donors (Lipinski definition) is 0. The van der Waals surface area contributed by atoms with Crippen molar-refractivity contribution in [3.63, 3.8) is 0 Å². The molecule has 0 aliphatic heterocycles. The fourth-order valence-electron chi connectivity index (χ4n) is 10.2. The molecule has 0 radical (unpaired) electrons. The molecule has 9 aromatic carbocycles. The van der Waals surface area contributed by atoms with Gasteiger partial charge in [-0.15, -0.1) is 0 Å². The van der Waals surface area contributed by atoms with E-state index in [4.69, 9.17) is 19.9 Å². The topological polar surface area (TPSA) is 66.3 Å². The van der Waals surface area contributed by atoms with Crippen LogP contribution in [0.15, 0.2) is 237 Å². The highest BCUT2D eigenvalue weighted by Gasteiger charge is 2.46. The molecule has 13 aromatic rings. The zero-order chi connectivity index (χ0) is 43.6. The Balaban J connectivity index is 1.10.